The van der Waals surface area contributed by atoms with E-state index in [4.69, 9.17) is 9.47 Å². The Morgan fingerprint density at radius 3 is 3.09 bits per heavy atom. The van der Waals surface area contributed by atoms with Gasteiger partial charge < -0.3 is 14.5 Å². The van der Waals surface area contributed by atoms with Crippen LogP contribution in [-0.4, -0.2) is 24.8 Å². The largest absolute Gasteiger partial charge is 0.376 e. The number of H-pyrrole nitrogens is 1. The molecule has 2 rings (SSSR count). The first-order valence-electron chi connectivity index (χ1n) is 3.79. The van der Waals surface area contributed by atoms with Gasteiger partial charge in [0, 0.05) is 11.9 Å². The highest BCUT2D eigenvalue weighted by atomic mass is 16.6. The number of hydrogen-bond donors (Lipinski definition) is 1. The molecule has 60 valence electrons. The van der Waals surface area contributed by atoms with E-state index in [1.54, 1.807) is 0 Å². The molecule has 1 aliphatic rings. The van der Waals surface area contributed by atoms with Crippen molar-refractivity contribution >= 4 is 0 Å². The van der Waals surface area contributed by atoms with Crippen molar-refractivity contribution < 1.29 is 9.47 Å². The molecule has 0 spiro atoms. The summed E-state index contributed by atoms with van der Waals surface area (Å²) in [5.74, 6) is 0. The number of aromatic amines is 1. The van der Waals surface area contributed by atoms with Gasteiger partial charge in [-0.3, -0.25) is 0 Å². The SMILES string of the molecule is c1c[nH]c(C2COCCO2)c1. The molecule has 2 heterocycles. The van der Waals surface area contributed by atoms with E-state index in [1.807, 2.05) is 18.3 Å². The van der Waals surface area contributed by atoms with Crippen molar-refractivity contribution in [2.24, 2.45) is 0 Å². The second-order valence-corrected chi connectivity index (χ2v) is 2.56. The molecule has 0 bridgehead atoms. The van der Waals surface area contributed by atoms with Crippen LogP contribution in [0.3, 0.4) is 0 Å². The molecule has 0 amide bonds. The average Bonchev–Trinajstić information content (AvgIpc) is 2.58. The Hall–Kier alpha value is -0.800. The molecule has 3 nitrogen and oxygen atoms in total. The minimum Gasteiger partial charge on any atom is -0.376 e. The van der Waals surface area contributed by atoms with Gasteiger partial charge in [0.15, 0.2) is 0 Å². The fourth-order valence-corrected chi connectivity index (χ4v) is 1.21. The van der Waals surface area contributed by atoms with E-state index in [1.165, 1.54) is 0 Å². The number of nitrogens with one attached hydrogen (secondary N) is 1. The van der Waals surface area contributed by atoms with E-state index in [2.05, 4.69) is 4.98 Å². The van der Waals surface area contributed by atoms with Crippen LogP contribution in [0, 0.1) is 0 Å². The summed E-state index contributed by atoms with van der Waals surface area (Å²) in [5, 5.41) is 0. The smallest absolute Gasteiger partial charge is 0.121 e. The summed E-state index contributed by atoms with van der Waals surface area (Å²) < 4.78 is 10.7. The Morgan fingerprint density at radius 1 is 1.45 bits per heavy atom. The Kier molecular flexibility index (Phi) is 1.92. The maximum Gasteiger partial charge on any atom is 0.121 e. The van der Waals surface area contributed by atoms with Crippen LogP contribution >= 0.6 is 0 Å². The van der Waals surface area contributed by atoms with Gasteiger partial charge in [-0.15, -0.1) is 0 Å². The van der Waals surface area contributed by atoms with Crippen LogP contribution in [0.15, 0.2) is 18.3 Å². The third kappa shape index (κ3) is 1.44. The molecule has 1 N–H and O–H groups in total. The van der Waals surface area contributed by atoms with E-state index in [-0.39, 0.29) is 6.10 Å². The number of rotatable bonds is 1. The van der Waals surface area contributed by atoms with Gasteiger partial charge in [0.25, 0.3) is 0 Å². The second-order valence-electron chi connectivity index (χ2n) is 2.56. The van der Waals surface area contributed by atoms with Crippen LogP contribution < -0.4 is 0 Å². The maximum absolute atomic E-state index is 5.47. The van der Waals surface area contributed by atoms with Crippen molar-refractivity contribution in [3.05, 3.63) is 24.0 Å². The van der Waals surface area contributed by atoms with E-state index >= 15 is 0 Å². The zero-order chi connectivity index (χ0) is 7.52. The first-order valence-corrected chi connectivity index (χ1v) is 3.79. The molecule has 11 heavy (non-hydrogen) atoms. The lowest BCUT2D eigenvalue weighted by Crippen LogP contribution is -2.22. The van der Waals surface area contributed by atoms with Crippen LogP contribution in [0.2, 0.25) is 0 Å². The Balaban J connectivity index is 2.04. The van der Waals surface area contributed by atoms with Gasteiger partial charge in [-0.2, -0.15) is 0 Å². The lowest BCUT2D eigenvalue weighted by Gasteiger charge is -2.21. The summed E-state index contributed by atoms with van der Waals surface area (Å²) in [6, 6.07) is 3.98. The van der Waals surface area contributed by atoms with Crippen LogP contribution in [0.1, 0.15) is 11.8 Å². The summed E-state index contributed by atoms with van der Waals surface area (Å²) in [7, 11) is 0. The van der Waals surface area contributed by atoms with Gasteiger partial charge in [0.2, 0.25) is 0 Å². The highest BCUT2D eigenvalue weighted by Crippen LogP contribution is 2.17. The molecule has 0 aromatic carbocycles. The molecule has 1 saturated heterocycles. The minimum absolute atomic E-state index is 0.110. The summed E-state index contributed by atoms with van der Waals surface area (Å²) >= 11 is 0. The van der Waals surface area contributed by atoms with E-state index in [9.17, 15) is 0 Å². The van der Waals surface area contributed by atoms with Crippen molar-refractivity contribution in [3.8, 4) is 0 Å². The number of ether oxygens (including phenoxy) is 2. The van der Waals surface area contributed by atoms with Crippen LogP contribution in [0.25, 0.3) is 0 Å². The fourth-order valence-electron chi connectivity index (χ4n) is 1.21. The first-order chi connectivity index (χ1) is 5.47. The van der Waals surface area contributed by atoms with Crippen LogP contribution in [-0.2, 0) is 9.47 Å². The van der Waals surface area contributed by atoms with Gasteiger partial charge in [0.05, 0.1) is 19.8 Å². The average molecular weight is 153 g/mol. The Labute approximate surface area is 65.3 Å². The summed E-state index contributed by atoms with van der Waals surface area (Å²) in [6.07, 6.45) is 2.01. The molecule has 1 aliphatic heterocycles. The van der Waals surface area contributed by atoms with Gasteiger partial charge in [-0.05, 0) is 12.1 Å². The summed E-state index contributed by atoms with van der Waals surface area (Å²) in [4.78, 5) is 3.10. The third-order valence-corrected chi connectivity index (χ3v) is 1.78. The maximum atomic E-state index is 5.47. The molecule has 1 fully saturated rings. The second kappa shape index (κ2) is 3.07. The molecule has 1 atom stereocenters. The van der Waals surface area contributed by atoms with E-state index in [0.717, 1.165) is 12.3 Å². The summed E-state index contributed by atoms with van der Waals surface area (Å²) in [5.41, 5.74) is 1.10. The Bertz CT molecular complexity index is 202. The van der Waals surface area contributed by atoms with E-state index < -0.39 is 0 Å². The van der Waals surface area contributed by atoms with Crippen molar-refractivity contribution in [2.75, 3.05) is 19.8 Å². The Morgan fingerprint density at radius 2 is 2.45 bits per heavy atom. The minimum atomic E-state index is 0.110. The van der Waals surface area contributed by atoms with E-state index in [0.29, 0.717) is 13.2 Å². The molecule has 3 heteroatoms. The molecular weight excluding hydrogens is 142 g/mol. The lowest BCUT2D eigenvalue weighted by atomic mass is 10.2. The van der Waals surface area contributed by atoms with Crippen molar-refractivity contribution in [3.63, 3.8) is 0 Å². The predicted molar refractivity (Wildman–Crippen MR) is 40.3 cm³/mol. The number of hydrogen-bond acceptors (Lipinski definition) is 2. The van der Waals surface area contributed by atoms with Crippen LogP contribution in [0.4, 0.5) is 0 Å². The standard InChI is InChI=1S/C8H11NO2/c1-2-7(9-3-1)8-6-10-4-5-11-8/h1-3,8-9H,4-6H2. The first kappa shape index (κ1) is 6.88. The fraction of sp³-hybridized carbons (Fsp3) is 0.500. The molecule has 0 radical (unpaired) electrons. The molecular formula is C8H11NO2. The lowest BCUT2D eigenvalue weighted by molar-refractivity contribution is -0.0916. The number of aromatic nitrogens is 1. The predicted octanol–water partition coefficient (Wildman–Crippen LogP) is 1.10. The molecule has 1 aromatic heterocycles. The zero-order valence-corrected chi connectivity index (χ0v) is 6.25. The zero-order valence-electron chi connectivity index (χ0n) is 6.25. The molecule has 0 aliphatic carbocycles. The highest BCUT2D eigenvalue weighted by Gasteiger charge is 2.16. The summed E-state index contributed by atoms with van der Waals surface area (Å²) in [6.45, 7) is 2.08. The van der Waals surface area contributed by atoms with Gasteiger partial charge in [0.1, 0.15) is 6.10 Å². The van der Waals surface area contributed by atoms with Gasteiger partial charge >= 0.3 is 0 Å². The van der Waals surface area contributed by atoms with Crippen molar-refractivity contribution in [1.29, 1.82) is 0 Å². The quantitative estimate of drug-likeness (QED) is 0.655. The molecule has 0 saturated carbocycles. The van der Waals surface area contributed by atoms with Crippen molar-refractivity contribution in [1.82, 2.24) is 4.98 Å². The molecule has 1 aromatic rings. The van der Waals surface area contributed by atoms with Gasteiger partial charge in [-0.1, -0.05) is 0 Å². The normalized spacial score (nSPS) is 25.3. The van der Waals surface area contributed by atoms with Crippen molar-refractivity contribution in [2.45, 2.75) is 6.10 Å². The third-order valence-electron chi connectivity index (χ3n) is 1.78. The monoisotopic (exact) mass is 153 g/mol. The topological polar surface area (TPSA) is 34.2 Å². The van der Waals surface area contributed by atoms with Crippen LogP contribution in [0.5, 0.6) is 0 Å². The highest BCUT2D eigenvalue weighted by molar-refractivity contribution is 5.07. The van der Waals surface area contributed by atoms with Gasteiger partial charge in [-0.25, -0.2) is 0 Å². The molecule has 1 unspecified atom stereocenters.